The van der Waals surface area contributed by atoms with Crippen molar-refractivity contribution in [1.82, 2.24) is 14.7 Å². The molecular formula is C15H28N5P. The van der Waals surface area contributed by atoms with E-state index < -0.39 is 0 Å². The van der Waals surface area contributed by atoms with E-state index in [1.165, 1.54) is 6.42 Å². The van der Waals surface area contributed by atoms with Crippen LogP contribution in [0.4, 0.5) is 0 Å². The van der Waals surface area contributed by atoms with Gasteiger partial charge in [0.05, 0.1) is 11.5 Å². The van der Waals surface area contributed by atoms with Crippen LogP contribution in [0.25, 0.3) is 0 Å². The Kier molecular flexibility index (Phi) is 6.19. The number of nitrogens with two attached hydrogens (primary N) is 1. The third kappa shape index (κ3) is 4.52. The maximum atomic E-state index is 5.69. The van der Waals surface area contributed by atoms with Crippen molar-refractivity contribution in [3.63, 3.8) is 0 Å². The highest BCUT2D eigenvalue weighted by Crippen LogP contribution is 2.30. The molecule has 0 aliphatic carbocycles. The van der Waals surface area contributed by atoms with E-state index in [0.29, 0.717) is 12.7 Å². The summed E-state index contributed by atoms with van der Waals surface area (Å²) in [6.07, 6.45) is 6.25. The average Bonchev–Trinajstić information content (AvgIpc) is 3.04. The Bertz CT molecular complexity index is 470. The van der Waals surface area contributed by atoms with E-state index in [1.807, 2.05) is 10.9 Å². The molecule has 1 saturated heterocycles. The predicted molar refractivity (Wildman–Crippen MR) is 91.3 cm³/mol. The van der Waals surface area contributed by atoms with E-state index in [9.17, 15) is 0 Å². The number of nitrogens with zero attached hydrogens (tertiary/aromatic N) is 4. The van der Waals surface area contributed by atoms with E-state index in [0.717, 1.165) is 51.4 Å². The summed E-state index contributed by atoms with van der Waals surface area (Å²) in [4.78, 5) is 7.13. The molecule has 1 aliphatic rings. The molecule has 0 bridgehead atoms. The Balaban J connectivity index is 1.91. The van der Waals surface area contributed by atoms with Crippen molar-refractivity contribution in [2.45, 2.75) is 58.4 Å². The molecule has 118 valence electrons. The fourth-order valence-corrected chi connectivity index (χ4v) is 4.10. The second kappa shape index (κ2) is 7.90. The minimum absolute atomic E-state index is 0.575. The molecule has 2 rings (SSSR count). The summed E-state index contributed by atoms with van der Waals surface area (Å²) in [5.74, 6) is 1.12. The lowest BCUT2D eigenvalue weighted by Crippen LogP contribution is -2.32. The Morgan fingerprint density at radius 1 is 1.57 bits per heavy atom. The van der Waals surface area contributed by atoms with Gasteiger partial charge in [-0.1, -0.05) is 13.3 Å². The van der Waals surface area contributed by atoms with Gasteiger partial charge < -0.3 is 10.6 Å². The third-order valence-electron chi connectivity index (χ3n) is 4.04. The van der Waals surface area contributed by atoms with Gasteiger partial charge in [-0.15, -0.1) is 8.58 Å². The second-order valence-corrected chi connectivity index (χ2v) is 7.42. The van der Waals surface area contributed by atoms with Crippen LogP contribution in [0.3, 0.4) is 0 Å². The Morgan fingerprint density at radius 2 is 2.38 bits per heavy atom. The summed E-state index contributed by atoms with van der Waals surface area (Å²) < 4.78 is 1.92. The van der Waals surface area contributed by atoms with Gasteiger partial charge in [0.25, 0.3) is 0 Å². The van der Waals surface area contributed by atoms with Gasteiger partial charge in [0.15, 0.2) is 0 Å². The van der Waals surface area contributed by atoms with Gasteiger partial charge >= 0.3 is 0 Å². The van der Waals surface area contributed by atoms with E-state index >= 15 is 0 Å². The molecule has 1 aromatic rings. The summed E-state index contributed by atoms with van der Waals surface area (Å²) in [5, 5.41) is 4.54. The predicted octanol–water partition coefficient (Wildman–Crippen LogP) is 2.27. The minimum Gasteiger partial charge on any atom is -0.357 e. The smallest absolute Gasteiger partial charge is 0.133 e. The first-order chi connectivity index (χ1) is 10.1. The number of hydrogen-bond donors (Lipinski definition) is 1. The van der Waals surface area contributed by atoms with Gasteiger partial charge in [0.1, 0.15) is 6.67 Å². The fraction of sp³-hybridized carbons (Fsp3) is 0.733. The molecule has 6 heteroatoms. The summed E-state index contributed by atoms with van der Waals surface area (Å²) in [7, 11) is 0.875. The molecule has 3 atom stereocenters. The van der Waals surface area contributed by atoms with Crippen LogP contribution >= 0.6 is 8.58 Å². The van der Waals surface area contributed by atoms with Gasteiger partial charge in [0.2, 0.25) is 0 Å². The maximum absolute atomic E-state index is 5.69. The van der Waals surface area contributed by atoms with E-state index in [-0.39, 0.29) is 0 Å². The summed E-state index contributed by atoms with van der Waals surface area (Å²) >= 11 is 0. The molecule has 1 fully saturated rings. The number of aromatic nitrogens is 2. The normalized spacial score (nSPS) is 23.6. The second-order valence-electron chi connectivity index (χ2n) is 5.79. The SMILES string of the molecule is CCCc1ccn(CN=C(C)N2CC(PCN)CC2C)n1. The van der Waals surface area contributed by atoms with Gasteiger partial charge in [-0.25, -0.2) is 4.99 Å². The van der Waals surface area contributed by atoms with Gasteiger partial charge in [-0.2, -0.15) is 5.10 Å². The van der Waals surface area contributed by atoms with Crippen molar-refractivity contribution in [3.8, 4) is 0 Å². The first kappa shape index (κ1) is 16.4. The van der Waals surface area contributed by atoms with E-state index in [4.69, 9.17) is 10.7 Å². The number of aryl methyl sites for hydroxylation is 1. The lowest BCUT2D eigenvalue weighted by Gasteiger charge is -2.23. The van der Waals surface area contributed by atoms with Crippen LogP contribution in [-0.2, 0) is 13.1 Å². The number of amidine groups is 1. The first-order valence-corrected chi connectivity index (χ1v) is 9.16. The molecule has 0 spiro atoms. The number of aliphatic imine (C=N–C) groups is 1. The monoisotopic (exact) mass is 309 g/mol. The maximum Gasteiger partial charge on any atom is 0.133 e. The number of rotatable bonds is 6. The van der Waals surface area contributed by atoms with Crippen LogP contribution < -0.4 is 5.73 Å². The Hall–Kier alpha value is -0.930. The fourth-order valence-electron chi connectivity index (χ4n) is 2.93. The van der Waals surface area contributed by atoms with Crippen molar-refractivity contribution in [2.75, 3.05) is 12.8 Å². The number of likely N-dealkylation sites (tertiary alicyclic amines) is 1. The highest BCUT2D eigenvalue weighted by atomic mass is 31.1. The molecule has 2 heterocycles. The zero-order valence-electron chi connectivity index (χ0n) is 13.4. The highest BCUT2D eigenvalue weighted by Gasteiger charge is 2.29. The zero-order chi connectivity index (χ0) is 15.2. The molecule has 1 aliphatic heterocycles. The molecule has 0 amide bonds. The van der Waals surface area contributed by atoms with Gasteiger partial charge in [-0.3, -0.25) is 4.68 Å². The molecule has 0 radical (unpaired) electrons. The lowest BCUT2D eigenvalue weighted by atomic mass is 10.2. The van der Waals surface area contributed by atoms with E-state index in [2.05, 4.69) is 36.8 Å². The van der Waals surface area contributed by atoms with Crippen LogP contribution in [0.15, 0.2) is 17.3 Å². The van der Waals surface area contributed by atoms with Crippen LogP contribution in [0, 0.1) is 0 Å². The molecule has 0 aromatic carbocycles. The Morgan fingerprint density at radius 3 is 3.10 bits per heavy atom. The topological polar surface area (TPSA) is 59.4 Å². The molecule has 2 N–H and O–H groups in total. The van der Waals surface area contributed by atoms with Gasteiger partial charge in [-0.05, 0) is 38.4 Å². The Labute approximate surface area is 129 Å². The molecule has 5 nitrogen and oxygen atoms in total. The third-order valence-corrected chi connectivity index (χ3v) is 5.27. The zero-order valence-corrected chi connectivity index (χ0v) is 14.4. The van der Waals surface area contributed by atoms with Crippen LogP contribution in [-0.4, -0.2) is 45.0 Å². The van der Waals surface area contributed by atoms with Gasteiger partial charge in [0, 0.05) is 25.1 Å². The van der Waals surface area contributed by atoms with Crippen molar-refractivity contribution in [2.24, 2.45) is 10.7 Å². The van der Waals surface area contributed by atoms with Crippen molar-refractivity contribution < 1.29 is 0 Å². The molecular weight excluding hydrogens is 281 g/mol. The summed E-state index contributed by atoms with van der Waals surface area (Å²) in [6.45, 7) is 8.29. The lowest BCUT2D eigenvalue weighted by molar-refractivity contribution is 0.408. The average molecular weight is 309 g/mol. The van der Waals surface area contributed by atoms with Crippen molar-refractivity contribution in [3.05, 3.63) is 18.0 Å². The molecule has 1 aromatic heterocycles. The van der Waals surface area contributed by atoms with Crippen LogP contribution in [0.5, 0.6) is 0 Å². The highest BCUT2D eigenvalue weighted by molar-refractivity contribution is 7.38. The molecule has 21 heavy (non-hydrogen) atoms. The van der Waals surface area contributed by atoms with Crippen molar-refractivity contribution >= 4 is 14.4 Å². The first-order valence-electron chi connectivity index (χ1n) is 7.87. The van der Waals surface area contributed by atoms with Crippen LogP contribution in [0.1, 0.15) is 39.3 Å². The van der Waals surface area contributed by atoms with E-state index in [1.54, 1.807) is 0 Å². The quantitative estimate of drug-likeness (QED) is 0.498. The molecule has 0 saturated carbocycles. The number of hydrogen-bond acceptors (Lipinski definition) is 3. The minimum atomic E-state index is 0.575. The summed E-state index contributed by atoms with van der Waals surface area (Å²) in [6, 6.07) is 2.66. The molecule has 3 unspecified atom stereocenters. The largest absolute Gasteiger partial charge is 0.357 e. The van der Waals surface area contributed by atoms with Crippen LogP contribution in [0.2, 0.25) is 0 Å². The standard InChI is InChI=1S/C15H28N5P/c1-4-5-14-6-7-19(18-14)11-17-13(3)20-9-15(21-10-16)8-12(20)2/h6-7,12,15,21H,4-5,8-11,16H2,1-3H3. The van der Waals surface area contributed by atoms with Crippen molar-refractivity contribution in [1.29, 1.82) is 0 Å². The summed E-state index contributed by atoms with van der Waals surface area (Å²) in [5.41, 5.74) is 7.59.